The Morgan fingerprint density at radius 1 is 0.941 bits per heavy atom. The number of unbranched alkanes of at least 4 members (excludes halogenated alkanes) is 1. The van der Waals surface area contributed by atoms with Crippen molar-refractivity contribution in [2.24, 2.45) is 0 Å². The van der Waals surface area contributed by atoms with E-state index in [1.165, 1.54) is 11.1 Å². The van der Waals surface area contributed by atoms with Crippen LogP contribution in [0.25, 0.3) is 11.0 Å². The Morgan fingerprint density at radius 3 is 2.38 bits per heavy atom. The summed E-state index contributed by atoms with van der Waals surface area (Å²) >= 11 is 0. The summed E-state index contributed by atoms with van der Waals surface area (Å²) in [5, 5.41) is 3.12. The molecule has 34 heavy (non-hydrogen) atoms. The van der Waals surface area contributed by atoms with Crippen molar-refractivity contribution in [3.8, 4) is 5.75 Å². The molecule has 0 spiro atoms. The molecule has 3 aromatic carbocycles. The van der Waals surface area contributed by atoms with Crippen molar-refractivity contribution in [1.82, 2.24) is 14.9 Å². The summed E-state index contributed by atoms with van der Waals surface area (Å²) in [6.07, 6.45) is 1.89. The molecule has 0 bridgehead atoms. The van der Waals surface area contributed by atoms with Crippen molar-refractivity contribution in [3.63, 3.8) is 0 Å². The number of carbonyl (C=O) groups is 1. The van der Waals surface area contributed by atoms with Gasteiger partial charge in [0.25, 0.3) is 5.91 Å². The molecule has 1 atom stereocenters. The number of hydrogen-bond donors (Lipinski definition) is 1. The van der Waals surface area contributed by atoms with Crippen molar-refractivity contribution >= 4 is 16.9 Å². The molecule has 1 aromatic heterocycles. The second kappa shape index (κ2) is 10.6. The van der Waals surface area contributed by atoms with Gasteiger partial charge in [-0.15, -0.1) is 0 Å². The molecule has 0 fully saturated rings. The number of nitrogens with one attached hydrogen (secondary N) is 1. The van der Waals surface area contributed by atoms with Crippen molar-refractivity contribution in [2.45, 2.75) is 53.1 Å². The highest BCUT2D eigenvalue weighted by Gasteiger charge is 2.19. The predicted molar refractivity (Wildman–Crippen MR) is 137 cm³/mol. The van der Waals surface area contributed by atoms with Crippen molar-refractivity contribution in [3.05, 3.63) is 94.8 Å². The minimum Gasteiger partial charge on any atom is -0.493 e. The lowest BCUT2D eigenvalue weighted by atomic mass is 10.1. The lowest BCUT2D eigenvalue weighted by molar-refractivity contribution is 0.0937. The zero-order chi connectivity index (χ0) is 24.1. The lowest BCUT2D eigenvalue weighted by Crippen LogP contribution is -2.28. The molecular weight excluding hydrogens is 422 g/mol. The standard InChI is InChI=1S/C29H33N3O2/c1-20-14-16-24(17-15-20)29(33)30-23(4)28-31-25-12-5-6-13-26(25)32(28)18-7-8-19-34-27-21(2)10-9-11-22(27)3/h5-6,9-17,23H,7-8,18-19H2,1-4H3,(H,30,33). The quantitative estimate of drug-likeness (QED) is 0.301. The fraction of sp³-hybridized carbons (Fsp3) is 0.310. The zero-order valence-electron chi connectivity index (χ0n) is 20.5. The molecule has 1 N–H and O–H groups in total. The maximum Gasteiger partial charge on any atom is 0.251 e. The van der Waals surface area contributed by atoms with Crippen LogP contribution in [0.15, 0.2) is 66.7 Å². The van der Waals surface area contributed by atoms with Crippen LogP contribution < -0.4 is 10.1 Å². The summed E-state index contributed by atoms with van der Waals surface area (Å²) in [6.45, 7) is 9.66. The summed E-state index contributed by atoms with van der Waals surface area (Å²) in [4.78, 5) is 17.7. The van der Waals surface area contributed by atoms with Gasteiger partial charge in [-0.05, 0) is 75.9 Å². The second-order valence-electron chi connectivity index (χ2n) is 8.95. The molecule has 1 heterocycles. The number of amides is 1. The van der Waals surface area contributed by atoms with Gasteiger partial charge in [0.1, 0.15) is 11.6 Å². The van der Waals surface area contributed by atoms with E-state index in [2.05, 4.69) is 48.0 Å². The number of ether oxygens (including phenoxy) is 1. The molecule has 0 aliphatic rings. The molecule has 176 valence electrons. The molecule has 1 amide bonds. The summed E-state index contributed by atoms with van der Waals surface area (Å²) in [6, 6.07) is 21.8. The summed E-state index contributed by atoms with van der Waals surface area (Å²) in [7, 11) is 0. The molecule has 0 aliphatic heterocycles. The Hall–Kier alpha value is -3.60. The number of carbonyl (C=O) groups excluding carboxylic acids is 1. The minimum absolute atomic E-state index is 0.0897. The second-order valence-corrected chi connectivity index (χ2v) is 8.95. The van der Waals surface area contributed by atoms with Crippen molar-refractivity contribution in [2.75, 3.05) is 6.61 Å². The number of aromatic nitrogens is 2. The number of rotatable bonds is 9. The highest BCUT2D eigenvalue weighted by Crippen LogP contribution is 2.24. The van der Waals surface area contributed by atoms with E-state index >= 15 is 0 Å². The number of hydrogen-bond acceptors (Lipinski definition) is 3. The first-order valence-electron chi connectivity index (χ1n) is 12.0. The Morgan fingerprint density at radius 2 is 1.65 bits per heavy atom. The molecule has 0 aliphatic carbocycles. The van der Waals surface area contributed by atoms with E-state index in [-0.39, 0.29) is 11.9 Å². The number of fused-ring (bicyclic) bond motifs is 1. The highest BCUT2D eigenvalue weighted by atomic mass is 16.5. The molecule has 0 radical (unpaired) electrons. The van der Waals surface area contributed by atoms with Gasteiger partial charge in [-0.25, -0.2) is 4.98 Å². The third-order valence-electron chi connectivity index (χ3n) is 6.16. The zero-order valence-corrected chi connectivity index (χ0v) is 20.5. The molecule has 0 saturated carbocycles. The number of nitrogens with zero attached hydrogens (tertiary/aromatic N) is 2. The van der Waals surface area contributed by atoms with E-state index in [4.69, 9.17) is 9.72 Å². The van der Waals surface area contributed by atoms with Crippen LogP contribution >= 0.6 is 0 Å². The third kappa shape index (κ3) is 5.30. The Balaban J connectivity index is 1.43. The van der Waals surface area contributed by atoms with Crippen LogP contribution in [0, 0.1) is 20.8 Å². The monoisotopic (exact) mass is 455 g/mol. The van der Waals surface area contributed by atoms with Crippen LogP contribution in [0.1, 0.15) is 58.7 Å². The van der Waals surface area contributed by atoms with Gasteiger partial charge < -0.3 is 14.6 Å². The van der Waals surface area contributed by atoms with E-state index in [0.29, 0.717) is 12.2 Å². The van der Waals surface area contributed by atoms with Crippen molar-refractivity contribution < 1.29 is 9.53 Å². The number of para-hydroxylation sites is 3. The molecule has 1 unspecified atom stereocenters. The molecule has 5 nitrogen and oxygen atoms in total. The summed E-state index contributed by atoms with van der Waals surface area (Å²) < 4.78 is 8.31. The molecular formula is C29H33N3O2. The van der Waals surface area contributed by atoms with Crippen LogP contribution in [-0.4, -0.2) is 22.1 Å². The third-order valence-corrected chi connectivity index (χ3v) is 6.16. The van der Waals surface area contributed by atoms with Crippen molar-refractivity contribution in [1.29, 1.82) is 0 Å². The smallest absolute Gasteiger partial charge is 0.251 e. The summed E-state index contributed by atoms with van der Waals surface area (Å²) in [5.41, 5.74) is 6.16. The molecule has 4 rings (SSSR count). The van der Waals surface area contributed by atoms with Gasteiger partial charge in [-0.1, -0.05) is 48.0 Å². The van der Waals surface area contributed by atoms with Gasteiger partial charge in [0.15, 0.2) is 0 Å². The van der Waals surface area contributed by atoms with Crippen LogP contribution in [0.2, 0.25) is 0 Å². The van der Waals surface area contributed by atoms with E-state index in [0.717, 1.165) is 47.6 Å². The first-order chi connectivity index (χ1) is 16.4. The van der Waals surface area contributed by atoms with Crippen LogP contribution in [0.4, 0.5) is 0 Å². The molecule has 0 saturated heterocycles. The van der Waals surface area contributed by atoms with Gasteiger partial charge in [0.2, 0.25) is 0 Å². The first kappa shape index (κ1) is 23.6. The van der Waals surface area contributed by atoms with Gasteiger partial charge >= 0.3 is 0 Å². The van der Waals surface area contributed by atoms with Gasteiger partial charge in [0.05, 0.1) is 23.7 Å². The Bertz CT molecular complexity index is 1250. The fourth-order valence-electron chi connectivity index (χ4n) is 4.28. The number of benzene rings is 3. The average Bonchev–Trinajstić information content (AvgIpc) is 3.19. The highest BCUT2D eigenvalue weighted by molar-refractivity contribution is 5.94. The first-order valence-corrected chi connectivity index (χ1v) is 12.0. The molecule has 5 heteroatoms. The normalized spacial score (nSPS) is 12.0. The van der Waals surface area contributed by atoms with Crippen LogP contribution in [0.5, 0.6) is 5.75 Å². The predicted octanol–water partition coefficient (Wildman–Crippen LogP) is 6.31. The average molecular weight is 456 g/mol. The Kier molecular flexibility index (Phi) is 7.31. The van der Waals surface area contributed by atoms with E-state index in [9.17, 15) is 4.79 Å². The summed E-state index contributed by atoms with van der Waals surface area (Å²) in [5.74, 6) is 1.77. The molecule has 4 aromatic rings. The van der Waals surface area contributed by atoms with Gasteiger partial charge in [-0.3, -0.25) is 4.79 Å². The van der Waals surface area contributed by atoms with E-state index in [1.807, 2.05) is 56.3 Å². The minimum atomic E-state index is -0.216. The van der Waals surface area contributed by atoms with Gasteiger partial charge in [0, 0.05) is 12.1 Å². The maximum atomic E-state index is 12.8. The van der Waals surface area contributed by atoms with Crippen LogP contribution in [-0.2, 0) is 6.54 Å². The number of aryl methyl sites for hydroxylation is 4. The van der Waals surface area contributed by atoms with Crippen LogP contribution in [0.3, 0.4) is 0 Å². The topological polar surface area (TPSA) is 56.2 Å². The fourth-order valence-corrected chi connectivity index (χ4v) is 4.28. The maximum absolute atomic E-state index is 12.8. The van der Waals surface area contributed by atoms with E-state index in [1.54, 1.807) is 0 Å². The lowest BCUT2D eigenvalue weighted by Gasteiger charge is -2.17. The number of imidazole rings is 1. The SMILES string of the molecule is Cc1ccc(C(=O)NC(C)c2nc3ccccc3n2CCCCOc2c(C)cccc2C)cc1. The van der Waals surface area contributed by atoms with Gasteiger partial charge in [-0.2, -0.15) is 0 Å². The largest absolute Gasteiger partial charge is 0.493 e. The van der Waals surface area contributed by atoms with E-state index < -0.39 is 0 Å². The Labute approximate surface area is 201 Å².